The van der Waals surface area contributed by atoms with Crippen molar-refractivity contribution < 1.29 is 0 Å². The van der Waals surface area contributed by atoms with E-state index < -0.39 is 0 Å². The summed E-state index contributed by atoms with van der Waals surface area (Å²) in [6.07, 6.45) is 1.81. The molecule has 1 heterocycles. The highest BCUT2D eigenvalue weighted by molar-refractivity contribution is 5.47. The highest BCUT2D eigenvalue weighted by Crippen LogP contribution is 2.16. The van der Waals surface area contributed by atoms with E-state index in [-0.39, 0.29) is 5.92 Å². The zero-order valence-electron chi connectivity index (χ0n) is 11.3. The van der Waals surface area contributed by atoms with E-state index >= 15 is 0 Å². The third-order valence-electron chi connectivity index (χ3n) is 2.67. The molecule has 1 atom stereocenters. The van der Waals surface area contributed by atoms with Gasteiger partial charge in [0.15, 0.2) is 0 Å². The van der Waals surface area contributed by atoms with Crippen LogP contribution in [0.1, 0.15) is 33.0 Å². The maximum Gasteiger partial charge on any atom is 0.134 e. The van der Waals surface area contributed by atoms with Crippen LogP contribution in [-0.2, 0) is 6.42 Å². The molecule has 0 spiro atoms. The number of anilines is 2. The lowest BCUT2D eigenvalue weighted by atomic mass is 10.2. The lowest BCUT2D eigenvalue weighted by molar-refractivity contribution is 0.675. The lowest BCUT2D eigenvalue weighted by Crippen LogP contribution is -2.29. The van der Waals surface area contributed by atoms with Crippen molar-refractivity contribution in [3.63, 3.8) is 0 Å². The van der Waals surface area contributed by atoms with Gasteiger partial charge < -0.3 is 10.6 Å². The average Bonchev–Trinajstić information content (AvgIpc) is 2.35. The van der Waals surface area contributed by atoms with Gasteiger partial charge in [-0.2, -0.15) is 5.26 Å². The second kappa shape index (κ2) is 6.80. The van der Waals surface area contributed by atoms with Gasteiger partial charge in [0.1, 0.15) is 17.5 Å². The van der Waals surface area contributed by atoms with E-state index in [1.165, 1.54) is 0 Å². The molecule has 0 aliphatic rings. The SMILES string of the molecule is CCCc1nc(N)cc(N(CC)CC(C)C#N)n1. The van der Waals surface area contributed by atoms with Gasteiger partial charge in [0.05, 0.1) is 12.0 Å². The Kier molecular flexibility index (Phi) is 5.37. The van der Waals surface area contributed by atoms with Crippen LogP contribution in [0.3, 0.4) is 0 Å². The summed E-state index contributed by atoms with van der Waals surface area (Å²) in [5.74, 6) is 2.05. The minimum Gasteiger partial charge on any atom is -0.384 e. The zero-order chi connectivity index (χ0) is 13.5. The summed E-state index contributed by atoms with van der Waals surface area (Å²) in [6, 6.07) is 4.01. The average molecular weight is 247 g/mol. The molecule has 0 aromatic carbocycles. The first-order valence-electron chi connectivity index (χ1n) is 6.38. The van der Waals surface area contributed by atoms with Crippen molar-refractivity contribution in [3.05, 3.63) is 11.9 Å². The molecule has 1 rings (SSSR count). The second-order valence-electron chi connectivity index (χ2n) is 4.39. The number of nitrogens with two attached hydrogens (primary N) is 1. The molecule has 0 saturated carbocycles. The fraction of sp³-hybridized carbons (Fsp3) is 0.615. The minimum absolute atomic E-state index is 0.0317. The standard InChI is InChI=1S/C13H21N5/c1-4-6-12-16-11(15)7-13(17-12)18(5-2)9-10(3)8-14/h7,10H,4-6,9H2,1-3H3,(H2,15,16,17). The molecule has 1 unspecified atom stereocenters. The van der Waals surface area contributed by atoms with E-state index in [0.717, 1.165) is 31.0 Å². The van der Waals surface area contributed by atoms with Crippen molar-refractivity contribution in [2.75, 3.05) is 23.7 Å². The molecule has 2 N–H and O–H groups in total. The van der Waals surface area contributed by atoms with Gasteiger partial charge in [-0.1, -0.05) is 6.92 Å². The number of rotatable bonds is 6. The van der Waals surface area contributed by atoms with Gasteiger partial charge in [0.25, 0.3) is 0 Å². The number of hydrogen-bond acceptors (Lipinski definition) is 5. The highest BCUT2D eigenvalue weighted by atomic mass is 15.2. The molecule has 18 heavy (non-hydrogen) atoms. The number of nitrogen functional groups attached to an aromatic ring is 1. The highest BCUT2D eigenvalue weighted by Gasteiger charge is 2.12. The fourth-order valence-electron chi connectivity index (χ4n) is 1.76. The smallest absolute Gasteiger partial charge is 0.134 e. The lowest BCUT2D eigenvalue weighted by Gasteiger charge is -2.23. The van der Waals surface area contributed by atoms with E-state index in [1.54, 1.807) is 6.07 Å². The first-order valence-corrected chi connectivity index (χ1v) is 6.38. The van der Waals surface area contributed by atoms with E-state index in [9.17, 15) is 0 Å². The second-order valence-corrected chi connectivity index (χ2v) is 4.39. The van der Waals surface area contributed by atoms with Crippen molar-refractivity contribution >= 4 is 11.6 Å². The van der Waals surface area contributed by atoms with Gasteiger partial charge in [0, 0.05) is 25.6 Å². The molecule has 5 nitrogen and oxygen atoms in total. The molecule has 0 aliphatic heterocycles. The van der Waals surface area contributed by atoms with Crippen LogP contribution in [0.2, 0.25) is 0 Å². The van der Waals surface area contributed by atoms with E-state index in [1.807, 2.05) is 13.8 Å². The van der Waals surface area contributed by atoms with E-state index in [0.29, 0.717) is 12.4 Å². The molecule has 0 saturated heterocycles. The van der Waals surface area contributed by atoms with Gasteiger partial charge in [0.2, 0.25) is 0 Å². The summed E-state index contributed by atoms with van der Waals surface area (Å²) < 4.78 is 0. The summed E-state index contributed by atoms with van der Waals surface area (Å²) in [7, 11) is 0. The molecule has 0 bridgehead atoms. The van der Waals surface area contributed by atoms with Gasteiger partial charge in [-0.15, -0.1) is 0 Å². The Balaban J connectivity index is 2.94. The molecule has 0 amide bonds. The van der Waals surface area contributed by atoms with Crippen molar-refractivity contribution in [3.8, 4) is 6.07 Å². The van der Waals surface area contributed by atoms with Crippen LogP contribution < -0.4 is 10.6 Å². The predicted molar refractivity (Wildman–Crippen MR) is 73.1 cm³/mol. The monoisotopic (exact) mass is 247 g/mol. The molecule has 0 aliphatic carbocycles. The van der Waals surface area contributed by atoms with E-state index in [2.05, 4.69) is 27.9 Å². The first-order chi connectivity index (χ1) is 8.60. The Morgan fingerprint density at radius 2 is 2.17 bits per heavy atom. The van der Waals surface area contributed by atoms with Crippen LogP contribution in [-0.4, -0.2) is 23.1 Å². The molecule has 98 valence electrons. The molecular weight excluding hydrogens is 226 g/mol. The summed E-state index contributed by atoms with van der Waals surface area (Å²) in [5.41, 5.74) is 5.80. The number of aryl methyl sites for hydroxylation is 1. The van der Waals surface area contributed by atoms with Gasteiger partial charge >= 0.3 is 0 Å². The van der Waals surface area contributed by atoms with Gasteiger partial charge in [-0.05, 0) is 20.3 Å². The Morgan fingerprint density at radius 3 is 2.72 bits per heavy atom. The summed E-state index contributed by atoms with van der Waals surface area (Å²) in [6.45, 7) is 7.49. The summed E-state index contributed by atoms with van der Waals surface area (Å²) in [5, 5.41) is 8.89. The molecule has 5 heteroatoms. The van der Waals surface area contributed by atoms with Gasteiger partial charge in [-0.25, -0.2) is 9.97 Å². The minimum atomic E-state index is -0.0317. The topological polar surface area (TPSA) is 78.8 Å². The van der Waals surface area contributed by atoms with E-state index in [4.69, 9.17) is 11.0 Å². The third-order valence-corrected chi connectivity index (χ3v) is 2.67. The maximum atomic E-state index is 8.89. The van der Waals surface area contributed by atoms with Crippen molar-refractivity contribution in [1.82, 2.24) is 9.97 Å². The number of nitrogens with zero attached hydrogens (tertiary/aromatic N) is 4. The number of nitriles is 1. The summed E-state index contributed by atoms with van der Waals surface area (Å²) >= 11 is 0. The van der Waals surface area contributed by atoms with Crippen molar-refractivity contribution in [2.45, 2.75) is 33.6 Å². The molecule has 0 radical (unpaired) electrons. The van der Waals surface area contributed by atoms with Crippen LogP contribution in [0.25, 0.3) is 0 Å². The van der Waals surface area contributed by atoms with Gasteiger partial charge in [-0.3, -0.25) is 0 Å². The Morgan fingerprint density at radius 1 is 1.44 bits per heavy atom. The maximum absolute atomic E-state index is 8.89. The molecule has 1 aromatic rings. The quantitative estimate of drug-likeness (QED) is 0.831. The third kappa shape index (κ3) is 3.88. The molecule has 1 aromatic heterocycles. The molecular formula is C13H21N5. The Hall–Kier alpha value is -1.83. The molecule has 0 fully saturated rings. The van der Waals surface area contributed by atoms with Crippen LogP contribution in [0, 0.1) is 17.2 Å². The fourth-order valence-corrected chi connectivity index (χ4v) is 1.76. The van der Waals surface area contributed by atoms with Crippen LogP contribution in [0.4, 0.5) is 11.6 Å². The normalized spacial score (nSPS) is 11.9. The predicted octanol–water partition coefficient (Wildman–Crippen LogP) is 2.00. The zero-order valence-corrected chi connectivity index (χ0v) is 11.3. The summed E-state index contributed by atoms with van der Waals surface area (Å²) in [4.78, 5) is 10.8. The first kappa shape index (κ1) is 14.2. The van der Waals surface area contributed by atoms with Crippen LogP contribution in [0.15, 0.2) is 6.07 Å². The number of aromatic nitrogens is 2. The Bertz CT molecular complexity index is 424. The largest absolute Gasteiger partial charge is 0.384 e. The van der Waals surface area contributed by atoms with Crippen molar-refractivity contribution in [1.29, 1.82) is 5.26 Å². The Labute approximate surface area is 109 Å². The van der Waals surface area contributed by atoms with Crippen LogP contribution >= 0.6 is 0 Å². The number of hydrogen-bond donors (Lipinski definition) is 1. The van der Waals surface area contributed by atoms with Crippen molar-refractivity contribution in [2.24, 2.45) is 5.92 Å². The van der Waals surface area contributed by atoms with Crippen LogP contribution in [0.5, 0.6) is 0 Å².